The first-order valence-corrected chi connectivity index (χ1v) is 6.42. The van der Waals surface area contributed by atoms with Crippen molar-refractivity contribution in [1.29, 1.82) is 0 Å². The van der Waals surface area contributed by atoms with Gasteiger partial charge in [-0.15, -0.1) is 0 Å². The van der Waals surface area contributed by atoms with Crippen molar-refractivity contribution in [1.82, 2.24) is 5.32 Å². The molecule has 0 spiro atoms. The summed E-state index contributed by atoms with van der Waals surface area (Å²) >= 11 is 0. The van der Waals surface area contributed by atoms with Crippen LogP contribution in [0.3, 0.4) is 0 Å². The molecule has 1 aromatic rings. The molecule has 1 amide bonds. The van der Waals surface area contributed by atoms with Crippen LogP contribution in [0.2, 0.25) is 0 Å². The molecule has 1 atom stereocenters. The summed E-state index contributed by atoms with van der Waals surface area (Å²) in [6.07, 6.45) is -4.62. The van der Waals surface area contributed by atoms with Crippen LogP contribution in [-0.4, -0.2) is 29.6 Å². The van der Waals surface area contributed by atoms with Gasteiger partial charge in [0.05, 0.1) is 12.2 Å². The summed E-state index contributed by atoms with van der Waals surface area (Å²) in [6, 6.07) is 2.86. The molecule has 0 fully saturated rings. The highest BCUT2D eigenvalue weighted by Crippen LogP contribution is 2.31. The molecule has 23 heavy (non-hydrogen) atoms. The second-order valence-corrected chi connectivity index (χ2v) is 4.53. The molecule has 2 N–H and O–H groups in total. The maximum atomic E-state index is 12.6. The van der Waals surface area contributed by atoms with E-state index in [0.717, 1.165) is 19.1 Å². The average Bonchev–Trinajstić information content (AvgIpc) is 2.43. The number of nitrogens with one attached hydrogen (secondary N) is 1. The Labute approximate surface area is 129 Å². The topological polar surface area (TPSA) is 92.7 Å². The minimum atomic E-state index is -4.62. The molecule has 0 bridgehead atoms. The summed E-state index contributed by atoms with van der Waals surface area (Å²) in [5.74, 6) is -3.94. The molecule has 0 aliphatic heterocycles. The van der Waals surface area contributed by atoms with Crippen LogP contribution in [0, 0.1) is 0 Å². The molecule has 6 nitrogen and oxygen atoms in total. The summed E-state index contributed by atoms with van der Waals surface area (Å²) in [5.41, 5.74) is -4.00. The monoisotopic (exact) mass is 333 g/mol. The number of alkyl halides is 3. The first-order chi connectivity index (χ1) is 10.6. The number of carbonyl (C=O) groups excluding carboxylic acids is 2. The molecule has 1 unspecified atom stereocenters. The predicted octanol–water partition coefficient (Wildman–Crippen LogP) is 1.68. The second-order valence-electron chi connectivity index (χ2n) is 4.53. The van der Waals surface area contributed by atoms with Gasteiger partial charge in [-0.25, -0.2) is 9.59 Å². The van der Waals surface area contributed by atoms with Crippen LogP contribution in [-0.2, 0) is 30.8 Å². The fourth-order valence-electron chi connectivity index (χ4n) is 1.92. The Morgan fingerprint density at radius 2 is 1.61 bits per heavy atom. The number of amides is 1. The Morgan fingerprint density at radius 3 is 1.96 bits per heavy atom. The summed E-state index contributed by atoms with van der Waals surface area (Å²) < 4.78 is 42.4. The molecule has 1 aromatic carbocycles. The van der Waals surface area contributed by atoms with E-state index in [1.165, 1.54) is 6.92 Å². The average molecular weight is 333 g/mol. The van der Waals surface area contributed by atoms with Crippen LogP contribution in [0.15, 0.2) is 24.3 Å². The predicted molar refractivity (Wildman–Crippen MR) is 71.2 cm³/mol. The highest BCUT2D eigenvalue weighted by atomic mass is 19.4. The van der Waals surface area contributed by atoms with Gasteiger partial charge in [0.15, 0.2) is 0 Å². The standard InChI is InChI=1S/C14H14F3NO5/c1-3-23-12(22)13(11(20)21,18-8(2)19)9-4-6-10(7-5-9)14(15,16)17/h4-7H,3H2,1-2H3,(H,18,19)(H,20,21). The number of carbonyl (C=O) groups is 3. The van der Waals surface area contributed by atoms with Crippen molar-refractivity contribution in [3.63, 3.8) is 0 Å². The normalized spacial score (nSPS) is 13.8. The van der Waals surface area contributed by atoms with Crippen molar-refractivity contribution in [2.24, 2.45) is 0 Å². The molecule has 9 heteroatoms. The third-order valence-corrected chi connectivity index (χ3v) is 2.91. The lowest BCUT2D eigenvalue weighted by Crippen LogP contribution is -2.57. The first kappa shape index (κ1) is 18.5. The molecule has 0 radical (unpaired) electrons. The molecule has 1 rings (SSSR count). The van der Waals surface area contributed by atoms with Crippen LogP contribution < -0.4 is 5.32 Å². The van der Waals surface area contributed by atoms with Gasteiger partial charge in [-0.2, -0.15) is 13.2 Å². The van der Waals surface area contributed by atoms with Crippen molar-refractivity contribution >= 4 is 17.8 Å². The number of carboxylic acids is 1. The SMILES string of the molecule is CCOC(=O)C(NC(C)=O)(C(=O)O)c1ccc(C(F)(F)F)cc1. The number of halogens is 3. The summed E-state index contributed by atoms with van der Waals surface area (Å²) in [4.78, 5) is 35.0. The van der Waals surface area contributed by atoms with E-state index in [1.54, 1.807) is 0 Å². The zero-order valence-corrected chi connectivity index (χ0v) is 12.2. The lowest BCUT2D eigenvalue weighted by Gasteiger charge is -2.28. The summed E-state index contributed by atoms with van der Waals surface area (Å²) in [7, 11) is 0. The minimum absolute atomic E-state index is 0.173. The molecule has 126 valence electrons. The molecule has 0 saturated carbocycles. The van der Waals surface area contributed by atoms with Crippen LogP contribution in [0.25, 0.3) is 0 Å². The van der Waals surface area contributed by atoms with Crippen molar-refractivity contribution in [2.45, 2.75) is 25.6 Å². The van der Waals surface area contributed by atoms with Gasteiger partial charge in [0, 0.05) is 12.5 Å². The smallest absolute Gasteiger partial charge is 0.416 e. The van der Waals surface area contributed by atoms with Crippen molar-refractivity contribution < 1.29 is 37.4 Å². The molecule has 0 aromatic heterocycles. The fourth-order valence-corrected chi connectivity index (χ4v) is 1.92. The minimum Gasteiger partial charge on any atom is -0.479 e. The van der Waals surface area contributed by atoms with Crippen molar-refractivity contribution in [2.75, 3.05) is 6.61 Å². The molecule has 0 aliphatic carbocycles. The van der Waals surface area contributed by atoms with Crippen LogP contribution in [0.4, 0.5) is 13.2 Å². The fraction of sp³-hybridized carbons (Fsp3) is 0.357. The van der Waals surface area contributed by atoms with Crippen molar-refractivity contribution in [3.8, 4) is 0 Å². The van der Waals surface area contributed by atoms with E-state index >= 15 is 0 Å². The number of ether oxygens (including phenoxy) is 1. The molecule has 0 saturated heterocycles. The van der Waals surface area contributed by atoms with E-state index in [4.69, 9.17) is 0 Å². The van der Waals surface area contributed by atoms with Gasteiger partial charge in [-0.05, 0) is 19.1 Å². The molecular formula is C14H14F3NO5. The number of carboxylic acid groups (broad SMARTS) is 1. The van der Waals surface area contributed by atoms with E-state index < -0.39 is 35.1 Å². The molecular weight excluding hydrogens is 319 g/mol. The van der Waals surface area contributed by atoms with E-state index in [1.807, 2.05) is 5.32 Å². The Hall–Kier alpha value is -2.58. The first-order valence-electron chi connectivity index (χ1n) is 6.42. The van der Waals surface area contributed by atoms with Gasteiger partial charge in [0.2, 0.25) is 5.91 Å². The largest absolute Gasteiger partial charge is 0.479 e. The van der Waals surface area contributed by atoms with Gasteiger partial charge in [-0.1, -0.05) is 12.1 Å². The lowest BCUT2D eigenvalue weighted by atomic mass is 9.89. The van der Waals surface area contributed by atoms with Gasteiger partial charge in [0.1, 0.15) is 0 Å². The number of hydrogen-bond acceptors (Lipinski definition) is 4. The number of aliphatic carboxylic acids is 1. The van der Waals surface area contributed by atoms with E-state index in [-0.39, 0.29) is 12.2 Å². The van der Waals surface area contributed by atoms with Gasteiger partial charge < -0.3 is 15.2 Å². The molecule has 0 heterocycles. The van der Waals surface area contributed by atoms with Gasteiger partial charge in [-0.3, -0.25) is 4.79 Å². The number of esters is 1. The third-order valence-electron chi connectivity index (χ3n) is 2.91. The van der Waals surface area contributed by atoms with Crippen molar-refractivity contribution in [3.05, 3.63) is 35.4 Å². The Bertz CT molecular complexity index is 612. The highest BCUT2D eigenvalue weighted by molar-refractivity contribution is 6.07. The highest BCUT2D eigenvalue weighted by Gasteiger charge is 2.51. The zero-order valence-electron chi connectivity index (χ0n) is 12.2. The van der Waals surface area contributed by atoms with Crippen LogP contribution >= 0.6 is 0 Å². The van der Waals surface area contributed by atoms with E-state index in [2.05, 4.69) is 4.74 Å². The van der Waals surface area contributed by atoms with E-state index in [0.29, 0.717) is 12.1 Å². The lowest BCUT2D eigenvalue weighted by molar-refractivity contribution is -0.165. The Morgan fingerprint density at radius 1 is 1.13 bits per heavy atom. The third kappa shape index (κ3) is 3.79. The maximum absolute atomic E-state index is 12.6. The van der Waals surface area contributed by atoms with Crippen LogP contribution in [0.5, 0.6) is 0 Å². The Kier molecular flexibility index (Phi) is 5.36. The Balaban J connectivity index is 3.46. The van der Waals surface area contributed by atoms with E-state index in [9.17, 15) is 32.7 Å². The quantitative estimate of drug-likeness (QED) is 0.632. The number of benzene rings is 1. The molecule has 0 aliphatic rings. The number of hydrogen-bond donors (Lipinski definition) is 2. The van der Waals surface area contributed by atoms with Gasteiger partial charge in [0.25, 0.3) is 5.54 Å². The maximum Gasteiger partial charge on any atom is 0.416 e. The zero-order chi connectivity index (χ0) is 17.8. The van der Waals surface area contributed by atoms with Crippen LogP contribution in [0.1, 0.15) is 25.0 Å². The second kappa shape index (κ2) is 6.67. The summed E-state index contributed by atoms with van der Waals surface area (Å²) in [6.45, 7) is 2.22. The number of rotatable bonds is 5. The summed E-state index contributed by atoms with van der Waals surface area (Å²) in [5, 5.41) is 11.4. The van der Waals surface area contributed by atoms with Gasteiger partial charge >= 0.3 is 18.1 Å².